The maximum absolute atomic E-state index is 12.3. The molecule has 0 bridgehead atoms. The van der Waals surface area contributed by atoms with Gasteiger partial charge in [0.2, 0.25) is 15.9 Å². The van der Waals surface area contributed by atoms with Crippen molar-refractivity contribution in [1.29, 1.82) is 0 Å². The van der Waals surface area contributed by atoms with Crippen LogP contribution in [0, 0.1) is 0 Å². The summed E-state index contributed by atoms with van der Waals surface area (Å²) in [6.07, 6.45) is 2.33. The molecule has 2 N–H and O–H groups in total. The molecule has 0 saturated carbocycles. The summed E-state index contributed by atoms with van der Waals surface area (Å²) in [7, 11) is -0.829. The number of sulfonamides is 1. The average Bonchev–Trinajstić information content (AvgIpc) is 3.15. The average molecular weight is 430 g/mol. The lowest BCUT2D eigenvalue weighted by atomic mass is 10.2. The van der Waals surface area contributed by atoms with Crippen molar-refractivity contribution in [3.05, 3.63) is 60.0 Å². The Morgan fingerprint density at radius 1 is 1.07 bits per heavy atom. The van der Waals surface area contributed by atoms with Crippen molar-refractivity contribution in [3.8, 4) is 0 Å². The van der Waals surface area contributed by atoms with E-state index in [-0.39, 0.29) is 22.9 Å². The predicted molar refractivity (Wildman–Crippen MR) is 109 cm³/mol. The third-order valence-corrected chi connectivity index (χ3v) is 6.15. The van der Waals surface area contributed by atoms with Gasteiger partial charge in [-0.3, -0.25) is 14.0 Å². The topological polar surface area (TPSA) is 126 Å². The van der Waals surface area contributed by atoms with E-state index in [1.165, 1.54) is 38.4 Å². The summed E-state index contributed by atoms with van der Waals surface area (Å²) in [6, 6.07) is 11.2. The molecule has 2 aromatic heterocycles. The highest BCUT2D eigenvalue weighted by Gasteiger charge is 2.19. The molecule has 0 radical (unpaired) electrons. The molecule has 0 aliphatic rings. The van der Waals surface area contributed by atoms with Gasteiger partial charge >= 0.3 is 0 Å². The van der Waals surface area contributed by atoms with Gasteiger partial charge in [-0.2, -0.15) is 0 Å². The monoisotopic (exact) mass is 430 g/mol. The number of carbonyl (C=O) groups is 2. The number of nitrogens with zero attached hydrogens (tertiary/aromatic N) is 4. The van der Waals surface area contributed by atoms with Gasteiger partial charge in [0.15, 0.2) is 5.65 Å². The fourth-order valence-electron chi connectivity index (χ4n) is 2.71. The van der Waals surface area contributed by atoms with Crippen LogP contribution in [0.1, 0.15) is 16.2 Å². The molecule has 158 valence electrons. The van der Waals surface area contributed by atoms with E-state index >= 15 is 0 Å². The Labute approximate surface area is 174 Å². The summed E-state index contributed by atoms with van der Waals surface area (Å²) in [5, 5.41) is 13.3. The van der Waals surface area contributed by atoms with Gasteiger partial charge in [-0.05, 0) is 30.3 Å². The van der Waals surface area contributed by atoms with Crippen molar-refractivity contribution >= 4 is 27.5 Å². The standard InChI is InChI=1S/C19H22N6O4S/c1-24(2)30(28,29)15-7-5-6-14(12-15)19(27)21-13-18(26)20-10-9-17-23-22-16-8-3-4-11-25(16)17/h3-8,11-12H,9-10,13H2,1-2H3,(H,20,26)(H,21,27). The van der Waals surface area contributed by atoms with Crippen LogP contribution in [0.25, 0.3) is 5.65 Å². The maximum Gasteiger partial charge on any atom is 0.251 e. The third-order valence-electron chi connectivity index (χ3n) is 4.34. The van der Waals surface area contributed by atoms with Crippen molar-refractivity contribution in [2.24, 2.45) is 0 Å². The largest absolute Gasteiger partial charge is 0.354 e. The molecule has 30 heavy (non-hydrogen) atoms. The van der Waals surface area contributed by atoms with Crippen LogP contribution in [-0.2, 0) is 21.2 Å². The highest BCUT2D eigenvalue weighted by Crippen LogP contribution is 2.14. The molecule has 0 aliphatic carbocycles. The lowest BCUT2D eigenvalue weighted by molar-refractivity contribution is -0.120. The molecular weight excluding hydrogens is 408 g/mol. The molecule has 3 rings (SSSR count). The molecule has 2 heterocycles. The van der Waals surface area contributed by atoms with Gasteiger partial charge in [-0.1, -0.05) is 12.1 Å². The van der Waals surface area contributed by atoms with Crippen molar-refractivity contribution in [2.45, 2.75) is 11.3 Å². The van der Waals surface area contributed by atoms with Gasteiger partial charge < -0.3 is 10.6 Å². The van der Waals surface area contributed by atoms with Crippen LogP contribution in [0.2, 0.25) is 0 Å². The Kier molecular flexibility index (Phi) is 6.43. The van der Waals surface area contributed by atoms with Gasteiger partial charge in [0.25, 0.3) is 5.91 Å². The number of amides is 2. The van der Waals surface area contributed by atoms with Crippen LogP contribution >= 0.6 is 0 Å². The summed E-state index contributed by atoms with van der Waals surface area (Å²) in [6.45, 7) is 0.102. The minimum absolute atomic E-state index is 0.00475. The molecule has 2 amide bonds. The summed E-state index contributed by atoms with van der Waals surface area (Å²) in [4.78, 5) is 24.3. The minimum Gasteiger partial charge on any atom is -0.354 e. The normalized spacial score (nSPS) is 11.6. The number of hydrogen-bond donors (Lipinski definition) is 2. The first-order valence-electron chi connectivity index (χ1n) is 9.15. The van der Waals surface area contributed by atoms with E-state index in [4.69, 9.17) is 0 Å². The number of hydrogen-bond acceptors (Lipinski definition) is 6. The molecule has 1 aromatic carbocycles. The van der Waals surface area contributed by atoms with Crippen LogP contribution in [0.4, 0.5) is 0 Å². The van der Waals surface area contributed by atoms with E-state index in [0.717, 1.165) is 9.95 Å². The van der Waals surface area contributed by atoms with Crippen LogP contribution in [0.15, 0.2) is 53.6 Å². The molecule has 3 aromatic rings. The Hall–Kier alpha value is -3.31. The maximum atomic E-state index is 12.3. The molecular formula is C19H22N6O4S. The first kappa shape index (κ1) is 21.4. The van der Waals surface area contributed by atoms with E-state index in [1.54, 1.807) is 0 Å². The van der Waals surface area contributed by atoms with Gasteiger partial charge in [0.05, 0.1) is 11.4 Å². The van der Waals surface area contributed by atoms with Gasteiger partial charge in [-0.15, -0.1) is 10.2 Å². The SMILES string of the molecule is CN(C)S(=O)(=O)c1cccc(C(=O)NCC(=O)NCCc2nnc3ccccn23)c1. The number of fused-ring (bicyclic) bond motifs is 1. The van der Waals surface area contributed by atoms with Crippen LogP contribution in [-0.4, -0.2) is 66.3 Å². The Morgan fingerprint density at radius 3 is 2.63 bits per heavy atom. The number of carbonyl (C=O) groups excluding carboxylic acids is 2. The van der Waals surface area contributed by atoms with Crippen LogP contribution < -0.4 is 10.6 Å². The van der Waals surface area contributed by atoms with Crippen molar-refractivity contribution in [2.75, 3.05) is 27.2 Å². The fraction of sp³-hybridized carbons (Fsp3) is 0.263. The molecule has 10 nitrogen and oxygen atoms in total. The summed E-state index contributed by atoms with van der Waals surface area (Å²) in [5.41, 5.74) is 0.880. The second-order valence-corrected chi connectivity index (χ2v) is 8.79. The first-order chi connectivity index (χ1) is 14.3. The molecule has 0 fully saturated rings. The molecule has 0 spiro atoms. The summed E-state index contributed by atoms with van der Waals surface area (Å²) >= 11 is 0. The fourth-order valence-corrected chi connectivity index (χ4v) is 3.66. The Morgan fingerprint density at radius 2 is 1.87 bits per heavy atom. The summed E-state index contributed by atoms with van der Waals surface area (Å²) in [5.74, 6) is -0.188. The van der Waals surface area contributed by atoms with Gasteiger partial charge in [0, 0.05) is 38.8 Å². The van der Waals surface area contributed by atoms with Crippen molar-refractivity contribution < 1.29 is 18.0 Å². The predicted octanol–water partition coefficient (Wildman–Crippen LogP) is 0.0683. The molecule has 0 unspecified atom stereocenters. The van der Waals surface area contributed by atoms with E-state index in [2.05, 4.69) is 20.8 Å². The number of nitrogens with one attached hydrogen (secondary N) is 2. The van der Waals surface area contributed by atoms with E-state index < -0.39 is 15.9 Å². The zero-order valence-corrected chi connectivity index (χ0v) is 17.4. The smallest absolute Gasteiger partial charge is 0.251 e. The van der Waals surface area contributed by atoms with Gasteiger partial charge in [-0.25, -0.2) is 12.7 Å². The Bertz CT molecular complexity index is 1170. The number of aromatic nitrogens is 3. The third kappa shape index (κ3) is 4.81. The molecule has 0 atom stereocenters. The highest BCUT2D eigenvalue weighted by atomic mass is 32.2. The first-order valence-corrected chi connectivity index (χ1v) is 10.6. The van der Waals surface area contributed by atoms with Crippen molar-refractivity contribution in [3.63, 3.8) is 0 Å². The van der Waals surface area contributed by atoms with Gasteiger partial charge in [0.1, 0.15) is 5.82 Å². The number of pyridine rings is 1. The zero-order chi connectivity index (χ0) is 21.7. The second kappa shape index (κ2) is 9.01. The van der Waals surface area contributed by atoms with E-state index in [9.17, 15) is 18.0 Å². The number of benzene rings is 1. The minimum atomic E-state index is -3.65. The van der Waals surface area contributed by atoms with E-state index in [0.29, 0.717) is 18.8 Å². The number of rotatable bonds is 8. The molecule has 11 heteroatoms. The van der Waals surface area contributed by atoms with E-state index in [1.807, 2.05) is 28.8 Å². The lowest BCUT2D eigenvalue weighted by Gasteiger charge is -2.12. The molecule has 0 saturated heterocycles. The van der Waals surface area contributed by atoms with Crippen LogP contribution in [0.3, 0.4) is 0 Å². The Balaban J connectivity index is 1.50. The molecule has 0 aliphatic heterocycles. The highest BCUT2D eigenvalue weighted by molar-refractivity contribution is 7.89. The van der Waals surface area contributed by atoms with Crippen molar-refractivity contribution in [1.82, 2.24) is 29.5 Å². The second-order valence-electron chi connectivity index (χ2n) is 6.64. The lowest BCUT2D eigenvalue weighted by Crippen LogP contribution is -2.37. The van der Waals surface area contributed by atoms with Crippen LogP contribution in [0.5, 0.6) is 0 Å². The summed E-state index contributed by atoms with van der Waals surface area (Å²) < 4.78 is 27.3. The quantitative estimate of drug-likeness (QED) is 0.521. The zero-order valence-electron chi connectivity index (χ0n) is 16.6.